The number of esters is 1. The molecule has 0 spiro atoms. The summed E-state index contributed by atoms with van der Waals surface area (Å²) in [6.45, 7) is 8.21. The molecule has 11 heteroatoms. The molecule has 11 nitrogen and oxygen atoms in total. The Bertz CT molecular complexity index is 1240. The zero-order valence-electron chi connectivity index (χ0n) is 33.2. The van der Waals surface area contributed by atoms with Gasteiger partial charge in [0.05, 0.1) is 30.8 Å². The van der Waals surface area contributed by atoms with Crippen LogP contribution in [-0.4, -0.2) is 120 Å². The van der Waals surface area contributed by atoms with Gasteiger partial charge in [-0.1, -0.05) is 19.9 Å². The van der Waals surface area contributed by atoms with Crippen LogP contribution in [0.25, 0.3) is 0 Å². The van der Waals surface area contributed by atoms with Crippen molar-refractivity contribution in [1.29, 1.82) is 0 Å². The van der Waals surface area contributed by atoms with Crippen LogP contribution < -0.4 is 0 Å². The number of methoxy groups -OCH3 is 3. The van der Waals surface area contributed by atoms with Crippen molar-refractivity contribution < 1.29 is 47.5 Å². The summed E-state index contributed by atoms with van der Waals surface area (Å²) in [7, 11) is 9.19. The lowest BCUT2D eigenvalue weighted by molar-refractivity contribution is -0.314. The highest BCUT2D eigenvalue weighted by Crippen LogP contribution is 2.57. The van der Waals surface area contributed by atoms with Gasteiger partial charge in [0, 0.05) is 39.2 Å². The number of carbonyl (C=O) groups is 2. The summed E-state index contributed by atoms with van der Waals surface area (Å²) in [4.78, 5) is 30.4. The second-order valence-electron chi connectivity index (χ2n) is 16.9. The molecule has 0 aromatic rings. The van der Waals surface area contributed by atoms with E-state index < -0.39 is 12.4 Å². The third kappa shape index (κ3) is 8.37. The number of hydrogen-bond acceptors (Lipinski definition) is 11. The normalized spacial score (nSPS) is 46.0. The minimum Gasteiger partial charge on any atom is -0.462 e. The fraction of sp³-hybridized carbons (Fsp3) is 0.902. The molecule has 2 saturated carbocycles. The largest absolute Gasteiger partial charge is 0.462 e. The molecule has 0 aromatic carbocycles. The molecule has 6 aliphatic rings. The van der Waals surface area contributed by atoms with Gasteiger partial charge in [-0.2, -0.15) is 0 Å². The van der Waals surface area contributed by atoms with Gasteiger partial charge >= 0.3 is 5.97 Å². The SMILES string of the molecule is CC[C@H]1CCC[C@H](O[C@H]2CC[C@H](N(C)C)[C@@H](C)O2)[C@@H](C)C(=O)C2=C[C@H]3[C@@H]4C[C@H](O[C@@H]5O[C@@H](C)[C@H](OC)[C@@H](OC)[C@H]5OC)C[C@H]4CC[C@H]3[C@@H]2CC(=O)O1. The zero-order valence-corrected chi connectivity index (χ0v) is 33.2. The predicted molar refractivity (Wildman–Crippen MR) is 194 cm³/mol. The number of cyclic esters (lactones) is 1. The maximum Gasteiger partial charge on any atom is 0.306 e. The Morgan fingerprint density at radius 1 is 0.808 bits per heavy atom. The average molecular weight is 734 g/mol. The number of fused-ring (bicyclic) bond motifs is 5. The van der Waals surface area contributed by atoms with Crippen LogP contribution in [0.1, 0.15) is 98.3 Å². The average Bonchev–Trinajstić information content (AvgIpc) is 3.70. The number of rotatable bonds is 9. The monoisotopic (exact) mass is 733 g/mol. The van der Waals surface area contributed by atoms with Crippen molar-refractivity contribution in [2.24, 2.45) is 35.5 Å². The van der Waals surface area contributed by atoms with Crippen LogP contribution in [0.5, 0.6) is 0 Å². The first-order valence-electron chi connectivity index (χ1n) is 20.3. The molecule has 3 saturated heterocycles. The number of nitrogens with zero attached hydrogens (tertiary/aromatic N) is 1. The number of ketones is 1. The molecule has 0 unspecified atom stereocenters. The van der Waals surface area contributed by atoms with Gasteiger partial charge in [0.25, 0.3) is 0 Å². The first-order valence-corrected chi connectivity index (χ1v) is 20.3. The van der Waals surface area contributed by atoms with Crippen molar-refractivity contribution in [3.63, 3.8) is 0 Å². The van der Waals surface area contributed by atoms with Gasteiger partial charge in [-0.25, -0.2) is 0 Å². The summed E-state index contributed by atoms with van der Waals surface area (Å²) in [5, 5.41) is 0. The Hall–Kier alpha value is -1.44. The number of likely N-dealkylation sites (N-methyl/N-ethyl adjacent to an activating group) is 1. The Balaban J connectivity index is 1.20. The van der Waals surface area contributed by atoms with Gasteiger partial charge in [0.1, 0.15) is 24.4 Å². The van der Waals surface area contributed by atoms with E-state index in [9.17, 15) is 9.59 Å². The van der Waals surface area contributed by atoms with Gasteiger partial charge in [-0.15, -0.1) is 0 Å². The number of ether oxygens (including phenoxy) is 8. The third-order valence-electron chi connectivity index (χ3n) is 13.7. The van der Waals surface area contributed by atoms with E-state index in [4.69, 9.17) is 37.9 Å². The molecule has 3 aliphatic heterocycles. The second kappa shape index (κ2) is 17.6. The van der Waals surface area contributed by atoms with Crippen LogP contribution in [0, 0.1) is 35.5 Å². The van der Waals surface area contributed by atoms with Gasteiger partial charge < -0.3 is 42.8 Å². The molecule has 3 heterocycles. The number of Topliss-reactive ketones (excluding diaryl/α,β-unsaturated/α-hetero) is 1. The molecule has 0 N–H and O–H groups in total. The van der Waals surface area contributed by atoms with Crippen LogP contribution in [0.4, 0.5) is 0 Å². The molecule has 296 valence electrons. The smallest absolute Gasteiger partial charge is 0.306 e. The maximum absolute atomic E-state index is 14.7. The molecule has 0 bridgehead atoms. The van der Waals surface area contributed by atoms with Crippen molar-refractivity contribution in [3.05, 3.63) is 11.6 Å². The number of allylic oxidation sites excluding steroid dienone is 2. The van der Waals surface area contributed by atoms with Crippen molar-refractivity contribution in [2.75, 3.05) is 35.4 Å². The van der Waals surface area contributed by atoms with Gasteiger partial charge in [-0.05, 0) is 121 Å². The first-order chi connectivity index (χ1) is 25.0. The van der Waals surface area contributed by atoms with E-state index in [0.29, 0.717) is 17.9 Å². The Morgan fingerprint density at radius 3 is 2.23 bits per heavy atom. The molecular weight excluding hydrogens is 666 g/mol. The molecule has 0 aromatic heterocycles. The summed E-state index contributed by atoms with van der Waals surface area (Å²) in [5.74, 6) is 0.733. The molecule has 6 rings (SSSR count). The Labute approximate surface area is 312 Å². The lowest BCUT2D eigenvalue weighted by atomic mass is 9.66. The summed E-state index contributed by atoms with van der Waals surface area (Å²) in [6.07, 6.45) is 8.77. The minimum atomic E-state index is -0.570. The second-order valence-corrected chi connectivity index (χ2v) is 16.9. The van der Waals surface area contributed by atoms with Crippen molar-refractivity contribution >= 4 is 11.8 Å². The fourth-order valence-corrected chi connectivity index (χ4v) is 10.9. The highest BCUT2D eigenvalue weighted by Gasteiger charge is 2.54. The summed E-state index contributed by atoms with van der Waals surface area (Å²) in [5.41, 5.74) is 0.815. The van der Waals surface area contributed by atoms with Crippen molar-refractivity contribution in [2.45, 2.75) is 166 Å². The molecule has 3 aliphatic carbocycles. The summed E-state index contributed by atoms with van der Waals surface area (Å²) < 4.78 is 49.7. The molecule has 0 amide bonds. The number of carbonyl (C=O) groups excluding carboxylic acids is 2. The third-order valence-corrected chi connectivity index (χ3v) is 13.7. The van der Waals surface area contributed by atoms with Crippen LogP contribution >= 0.6 is 0 Å². The van der Waals surface area contributed by atoms with E-state index in [1.807, 2.05) is 13.8 Å². The van der Waals surface area contributed by atoms with E-state index in [0.717, 1.165) is 69.8 Å². The van der Waals surface area contributed by atoms with Crippen molar-refractivity contribution in [1.82, 2.24) is 4.90 Å². The quantitative estimate of drug-likeness (QED) is 0.272. The minimum absolute atomic E-state index is 0.00197. The fourth-order valence-electron chi connectivity index (χ4n) is 10.9. The standard InChI is InChI=1S/C41H67NO10/c1-10-26-12-11-13-34(52-36-17-16-33(42(5)6)23(3)48-36)22(2)37(44)32-20-30-28(31(32)21-35(43)50-26)15-14-25-18-27(19-29(25)30)51-41-40(47-9)39(46-8)38(45-7)24(4)49-41/h20,22-31,33-34,36,38-41H,10-19,21H2,1-9H3/t22-,23-,24+,25-,26+,27-,28-,29-,30-,31+,33+,34+,36+,38+,39-,40-,41+/m1/s1. The lowest BCUT2D eigenvalue weighted by Crippen LogP contribution is -2.59. The first kappa shape index (κ1) is 40.2. The maximum atomic E-state index is 14.7. The molecular formula is C41H67NO10. The van der Waals surface area contributed by atoms with E-state index in [2.05, 4.69) is 38.9 Å². The van der Waals surface area contributed by atoms with Crippen LogP contribution in [0.3, 0.4) is 0 Å². The highest BCUT2D eigenvalue weighted by atomic mass is 16.7. The van der Waals surface area contributed by atoms with Gasteiger partial charge in [0.15, 0.2) is 18.4 Å². The highest BCUT2D eigenvalue weighted by molar-refractivity contribution is 5.99. The predicted octanol–water partition coefficient (Wildman–Crippen LogP) is 5.71. The lowest BCUT2D eigenvalue weighted by Gasteiger charge is -2.44. The summed E-state index contributed by atoms with van der Waals surface area (Å²) >= 11 is 0. The summed E-state index contributed by atoms with van der Waals surface area (Å²) in [6, 6.07) is 0.345. The number of hydrogen-bond donors (Lipinski definition) is 0. The van der Waals surface area contributed by atoms with Crippen LogP contribution in [0.2, 0.25) is 0 Å². The van der Waals surface area contributed by atoms with Crippen LogP contribution in [-0.2, 0) is 47.5 Å². The van der Waals surface area contributed by atoms with E-state index in [-0.39, 0.29) is 90.9 Å². The van der Waals surface area contributed by atoms with Gasteiger partial charge in [-0.3, -0.25) is 9.59 Å². The Morgan fingerprint density at radius 2 is 1.56 bits per heavy atom. The molecule has 17 atom stereocenters. The molecule has 0 radical (unpaired) electrons. The van der Waals surface area contributed by atoms with E-state index in [1.165, 1.54) is 0 Å². The van der Waals surface area contributed by atoms with E-state index >= 15 is 0 Å². The van der Waals surface area contributed by atoms with Crippen LogP contribution in [0.15, 0.2) is 11.6 Å². The zero-order chi connectivity index (χ0) is 37.3. The van der Waals surface area contributed by atoms with Crippen molar-refractivity contribution in [3.8, 4) is 0 Å². The molecule has 52 heavy (non-hydrogen) atoms. The topological polar surface area (TPSA) is 111 Å². The van der Waals surface area contributed by atoms with Gasteiger partial charge in [0.2, 0.25) is 0 Å². The Kier molecular flexibility index (Phi) is 13.6. The van der Waals surface area contributed by atoms with E-state index in [1.54, 1.807) is 21.3 Å². The molecule has 5 fully saturated rings.